The van der Waals surface area contributed by atoms with Gasteiger partial charge in [-0.2, -0.15) is 0 Å². The standard InChI is InChI=1S/C18H31N3O3S/c1-6-13(2)19-25(23,24)17-15(4)20(5)14(3)16(17)18(22)21-11-9-7-8-10-12-21/h13,19H,6-12H2,1-5H3/t13-/m0/s1. The van der Waals surface area contributed by atoms with Crippen molar-refractivity contribution in [1.82, 2.24) is 14.2 Å². The summed E-state index contributed by atoms with van der Waals surface area (Å²) < 4.78 is 30.4. The minimum absolute atomic E-state index is 0.141. The van der Waals surface area contributed by atoms with Crippen LogP contribution in [-0.2, 0) is 17.1 Å². The lowest BCUT2D eigenvalue weighted by Crippen LogP contribution is -2.36. The van der Waals surface area contributed by atoms with Crippen LogP contribution in [-0.4, -0.2) is 42.9 Å². The van der Waals surface area contributed by atoms with E-state index in [2.05, 4.69) is 4.72 Å². The lowest BCUT2D eigenvalue weighted by molar-refractivity contribution is 0.0757. The molecule has 0 aliphatic carbocycles. The fraction of sp³-hybridized carbons (Fsp3) is 0.722. The highest BCUT2D eigenvalue weighted by Crippen LogP contribution is 2.28. The molecule has 1 amide bonds. The van der Waals surface area contributed by atoms with Crippen LogP contribution in [0.4, 0.5) is 0 Å². The van der Waals surface area contributed by atoms with Gasteiger partial charge >= 0.3 is 0 Å². The average Bonchev–Trinajstić information content (AvgIpc) is 2.78. The monoisotopic (exact) mass is 369 g/mol. The summed E-state index contributed by atoms with van der Waals surface area (Å²) in [5.74, 6) is -0.160. The molecule has 0 spiro atoms. The molecule has 1 saturated heterocycles. The van der Waals surface area contributed by atoms with Gasteiger partial charge in [0, 0.05) is 37.6 Å². The highest BCUT2D eigenvalue weighted by Gasteiger charge is 2.33. The molecule has 1 aliphatic rings. The summed E-state index contributed by atoms with van der Waals surface area (Å²) in [6.07, 6.45) is 4.89. The van der Waals surface area contributed by atoms with Gasteiger partial charge in [-0.3, -0.25) is 4.79 Å². The van der Waals surface area contributed by atoms with E-state index in [1.807, 2.05) is 32.7 Å². The fourth-order valence-electron chi connectivity index (χ4n) is 3.34. The number of hydrogen-bond acceptors (Lipinski definition) is 3. The Morgan fingerprint density at radius 3 is 2.20 bits per heavy atom. The molecule has 1 N–H and O–H groups in total. The zero-order valence-electron chi connectivity index (χ0n) is 16.1. The molecular weight excluding hydrogens is 338 g/mol. The number of aromatic nitrogens is 1. The van der Waals surface area contributed by atoms with Gasteiger partial charge in [-0.25, -0.2) is 13.1 Å². The molecular formula is C18H31N3O3S. The fourth-order valence-corrected chi connectivity index (χ4v) is 5.18. The van der Waals surface area contributed by atoms with Gasteiger partial charge in [0.25, 0.3) is 5.91 Å². The predicted octanol–water partition coefficient (Wildman–Crippen LogP) is 2.73. The number of likely N-dealkylation sites (tertiary alicyclic amines) is 1. The van der Waals surface area contributed by atoms with Crippen molar-refractivity contribution < 1.29 is 13.2 Å². The minimum atomic E-state index is -3.75. The van der Waals surface area contributed by atoms with Gasteiger partial charge in [-0.05, 0) is 40.0 Å². The van der Waals surface area contributed by atoms with Crippen LogP contribution in [0.25, 0.3) is 0 Å². The lowest BCUT2D eigenvalue weighted by Gasteiger charge is -2.21. The molecule has 0 radical (unpaired) electrons. The second kappa shape index (κ2) is 7.91. The zero-order valence-corrected chi connectivity index (χ0v) is 16.9. The first kappa shape index (κ1) is 20.0. The molecule has 2 rings (SSSR count). The highest BCUT2D eigenvalue weighted by molar-refractivity contribution is 7.89. The Bertz CT molecular complexity index is 729. The van der Waals surface area contributed by atoms with Gasteiger partial charge in [0.2, 0.25) is 10.0 Å². The first-order valence-electron chi connectivity index (χ1n) is 9.18. The molecule has 0 saturated carbocycles. The second-order valence-electron chi connectivity index (χ2n) is 7.07. The summed E-state index contributed by atoms with van der Waals surface area (Å²) in [6, 6.07) is -0.175. The summed E-state index contributed by atoms with van der Waals surface area (Å²) in [5.41, 5.74) is 1.64. The van der Waals surface area contributed by atoms with Crippen LogP contribution in [0.5, 0.6) is 0 Å². The number of carbonyl (C=O) groups excluding carboxylic acids is 1. The van der Waals surface area contributed by atoms with E-state index in [0.717, 1.165) is 25.7 Å². The Morgan fingerprint density at radius 1 is 1.12 bits per heavy atom. The molecule has 1 aromatic heterocycles. The van der Waals surface area contributed by atoms with Crippen LogP contribution in [0.15, 0.2) is 4.90 Å². The molecule has 2 heterocycles. The maximum atomic E-state index is 13.2. The maximum absolute atomic E-state index is 13.2. The van der Waals surface area contributed by atoms with Crippen LogP contribution in [0.1, 0.15) is 67.7 Å². The van der Waals surface area contributed by atoms with Crippen LogP contribution in [0.2, 0.25) is 0 Å². The molecule has 1 aromatic rings. The normalized spacial score (nSPS) is 17.4. The Kier molecular flexibility index (Phi) is 6.32. The number of sulfonamides is 1. The molecule has 6 nitrogen and oxygen atoms in total. The van der Waals surface area contributed by atoms with Gasteiger partial charge in [-0.1, -0.05) is 19.8 Å². The molecule has 1 atom stereocenters. The number of rotatable bonds is 5. The summed E-state index contributed by atoms with van der Waals surface area (Å²) >= 11 is 0. The molecule has 0 unspecified atom stereocenters. The van der Waals surface area contributed by atoms with E-state index < -0.39 is 10.0 Å². The molecule has 0 aromatic carbocycles. The Balaban J connectivity index is 2.51. The Labute approximate surface area is 151 Å². The Morgan fingerprint density at radius 2 is 1.68 bits per heavy atom. The van der Waals surface area contributed by atoms with Crippen LogP contribution < -0.4 is 4.72 Å². The Hall–Kier alpha value is -1.34. The van der Waals surface area contributed by atoms with Crippen LogP contribution in [0.3, 0.4) is 0 Å². The van der Waals surface area contributed by atoms with Gasteiger partial charge in [-0.15, -0.1) is 0 Å². The number of nitrogens with one attached hydrogen (secondary N) is 1. The summed E-state index contributed by atoms with van der Waals surface area (Å²) in [4.78, 5) is 15.1. The van der Waals surface area contributed by atoms with Crippen molar-refractivity contribution in [3.63, 3.8) is 0 Å². The first-order chi connectivity index (χ1) is 11.7. The van der Waals surface area contributed by atoms with Gasteiger partial charge in [0.05, 0.1) is 5.56 Å². The molecule has 0 bridgehead atoms. The summed E-state index contributed by atoms with van der Waals surface area (Å²) in [6.45, 7) is 8.74. The quantitative estimate of drug-likeness (QED) is 0.867. The summed E-state index contributed by atoms with van der Waals surface area (Å²) in [5, 5.41) is 0. The third-order valence-corrected chi connectivity index (χ3v) is 7.02. The average molecular weight is 370 g/mol. The largest absolute Gasteiger partial charge is 0.350 e. The molecule has 142 valence electrons. The van der Waals surface area contributed by atoms with Crippen molar-refractivity contribution >= 4 is 15.9 Å². The minimum Gasteiger partial charge on any atom is -0.350 e. The third-order valence-electron chi connectivity index (χ3n) is 5.27. The predicted molar refractivity (Wildman–Crippen MR) is 99.3 cm³/mol. The van der Waals surface area contributed by atoms with Gasteiger partial charge in [0.1, 0.15) is 4.90 Å². The van der Waals surface area contributed by atoms with Crippen molar-refractivity contribution in [3.8, 4) is 0 Å². The number of amides is 1. The zero-order chi connectivity index (χ0) is 18.8. The van der Waals surface area contributed by atoms with E-state index in [1.54, 1.807) is 11.5 Å². The number of nitrogens with zero attached hydrogens (tertiary/aromatic N) is 2. The van der Waals surface area contributed by atoms with Crippen molar-refractivity contribution in [3.05, 3.63) is 17.0 Å². The van der Waals surface area contributed by atoms with Gasteiger partial charge in [0.15, 0.2) is 0 Å². The molecule has 1 aliphatic heterocycles. The first-order valence-corrected chi connectivity index (χ1v) is 10.7. The third kappa shape index (κ3) is 4.08. The summed E-state index contributed by atoms with van der Waals surface area (Å²) in [7, 11) is -1.93. The maximum Gasteiger partial charge on any atom is 0.257 e. The molecule has 7 heteroatoms. The van der Waals surface area contributed by atoms with E-state index in [-0.39, 0.29) is 16.8 Å². The number of carbonyl (C=O) groups is 1. The van der Waals surface area contributed by atoms with E-state index in [1.165, 1.54) is 0 Å². The van der Waals surface area contributed by atoms with Crippen molar-refractivity contribution in [2.75, 3.05) is 13.1 Å². The number of hydrogen-bond donors (Lipinski definition) is 1. The van der Waals surface area contributed by atoms with Crippen molar-refractivity contribution in [2.45, 2.75) is 70.7 Å². The van der Waals surface area contributed by atoms with Crippen LogP contribution in [0, 0.1) is 13.8 Å². The van der Waals surface area contributed by atoms with Gasteiger partial charge < -0.3 is 9.47 Å². The van der Waals surface area contributed by atoms with Crippen molar-refractivity contribution in [1.29, 1.82) is 0 Å². The molecule has 25 heavy (non-hydrogen) atoms. The highest BCUT2D eigenvalue weighted by atomic mass is 32.2. The topological polar surface area (TPSA) is 71.4 Å². The van der Waals surface area contributed by atoms with Crippen LogP contribution >= 0.6 is 0 Å². The smallest absolute Gasteiger partial charge is 0.257 e. The lowest BCUT2D eigenvalue weighted by atomic mass is 10.2. The van der Waals surface area contributed by atoms with E-state index >= 15 is 0 Å². The van der Waals surface area contributed by atoms with E-state index in [0.29, 0.717) is 36.5 Å². The second-order valence-corrected chi connectivity index (χ2v) is 8.72. The molecule has 1 fully saturated rings. The van der Waals surface area contributed by atoms with E-state index in [4.69, 9.17) is 0 Å². The van der Waals surface area contributed by atoms with E-state index in [9.17, 15) is 13.2 Å². The SMILES string of the molecule is CC[C@H](C)NS(=O)(=O)c1c(C(=O)N2CCCCCC2)c(C)n(C)c1C. The van der Waals surface area contributed by atoms with Crippen molar-refractivity contribution in [2.24, 2.45) is 7.05 Å².